The Kier molecular flexibility index (Phi) is 3.96. The van der Waals surface area contributed by atoms with E-state index in [2.05, 4.69) is 14.9 Å². The topological polar surface area (TPSA) is 53.8 Å². The molecule has 6 nitrogen and oxygen atoms in total. The Morgan fingerprint density at radius 2 is 2.05 bits per heavy atom. The van der Waals surface area contributed by atoms with Crippen LogP contribution in [0, 0.1) is 6.92 Å². The maximum absolute atomic E-state index is 9.58. The van der Waals surface area contributed by atoms with E-state index in [0.717, 1.165) is 56.5 Å². The van der Waals surface area contributed by atoms with E-state index in [-0.39, 0.29) is 6.61 Å². The van der Waals surface area contributed by atoms with Gasteiger partial charge in [-0.2, -0.15) is 5.10 Å². The largest absolute Gasteiger partial charge is 0.391 e. The van der Waals surface area contributed by atoms with Gasteiger partial charge in [-0.1, -0.05) is 0 Å². The molecule has 6 heteroatoms. The molecule has 0 saturated carbocycles. The standard InChI is InChI=1S/C14H24N4O2/c1-11-13(10-19)14(16(2)15-11)18-4-3-12(9-18)17-5-7-20-8-6-17/h12,19H,3-10H2,1-2H3. The van der Waals surface area contributed by atoms with Crippen LogP contribution in [0.1, 0.15) is 17.7 Å². The van der Waals surface area contributed by atoms with Gasteiger partial charge in [-0.05, 0) is 13.3 Å². The van der Waals surface area contributed by atoms with Crippen molar-refractivity contribution in [2.75, 3.05) is 44.3 Å². The molecule has 2 aliphatic rings. The van der Waals surface area contributed by atoms with Gasteiger partial charge in [0.1, 0.15) is 5.82 Å². The first-order valence-corrected chi connectivity index (χ1v) is 7.40. The van der Waals surface area contributed by atoms with Crippen molar-refractivity contribution >= 4 is 5.82 Å². The fraction of sp³-hybridized carbons (Fsp3) is 0.786. The number of nitrogens with zero attached hydrogens (tertiary/aromatic N) is 4. The van der Waals surface area contributed by atoms with Gasteiger partial charge in [-0.25, -0.2) is 0 Å². The number of anilines is 1. The van der Waals surface area contributed by atoms with E-state index in [1.54, 1.807) is 0 Å². The van der Waals surface area contributed by atoms with Gasteiger partial charge in [0.25, 0.3) is 0 Å². The molecule has 0 bridgehead atoms. The number of aryl methyl sites for hydroxylation is 2. The molecule has 2 fully saturated rings. The number of hydrogen-bond donors (Lipinski definition) is 1. The third-order valence-electron chi connectivity index (χ3n) is 4.50. The highest BCUT2D eigenvalue weighted by molar-refractivity contribution is 5.51. The molecule has 3 heterocycles. The number of aliphatic hydroxyl groups is 1. The molecule has 0 aliphatic carbocycles. The van der Waals surface area contributed by atoms with Gasteiger partial charge >= 0.3 is 0 Å². The summed E-state index contributed by atoms with van der Waals surface area (Å²) in [6.45, 7) is 7.86. The van der Waals surface area contributed by atoms with E-state index in [1.807, 2.05) is 18.7 Å². The number of aliphatic hydroxyl groups excluding tert-OH is 1. The van der Waals surface area contributed by atoms with Crippen molar-refractivity contribution in [1.29, 1.82) is 0 Å². The van der Waals surface area contributed by atoms with Gasteiger partial charge in [0, 0.05) is 44.8 Å². The average molecular weight is 280 g/mol. The molecule has 0 spiro atoms. The molecule has 1 N–H and O–H groups in total. The van der Waals surface area contributed by atoms with Crippen LogP contribution in [0.25, 0.3) is 0 Å². The lowest BCUT2D eigenvalue weighted by atomic mass is 10.2. The Labute approximate surface area is 119 Å². The second kappa shape index (κ2) is 5.71. The van der Waals surface area contributed by atoms with Gasteiger partial charge in [0.05, 0.1) is 25.5 Å². The van der Waals surface area contributed by atoms with Crippen LogP contribution in [0.2, 0.25) is 0 Å². The van der Waals surface area contributed by atoms with E-state index in [9.17, 15) is 5.11 Å². The van der Waals surface area contributed by atoms with Gasteiger partial charge in [0.2, 0.25) is 0 Å². The van der Waals surface area contributed by atoms with Crippen LogP contribution in [0.5, 0.6) is 0 Å². The first-order chi connectivity index (χ1) is 9.70. The molecular formula is C14H24N4O2. The number of hydrogen-bond acceptors (Lipinski definition) is 5. The Morgan fingerprint density at radius 1 is 1.30 bits per heavy atom. The minimum absolute atomic E-state index is 0.0632. The van der Waals surface area contributed by atoms with Gasteiger partial charge < -0.3 is 14.7 Å². The monoisotopic (exact) mass is 280 g/mol. The SMILES string of the molecule is Cc1nn(C)c(N2CCC(N3CCOCC3)C2)c1CO. The minimum atomic E-state index is 0.0632. The molecular weight excluding hydrogens is 256 g/mol. The number of rotatable bonds is 3. The van der Waals surface area contributed by atoms with Crippen LogP contribution < -0.4 is 4.90 Å². The summed E-state index contributed by atoms with van der Waals surface area (Å²) in [7, 11) is 1.96. The molecule has 1 aromatic rings. The summed E-state index contributed by atoms with van der Waals surface area (Å²) in [4.78, 5) is 4.90. The molecule has 0 amide bonds. The van der Waals surface area contributed by atoms with Crippen molar-refractivity contribution in [2.45, 2.75) is 26.0 Å². The normalized spacial score (nSPS) is 24.6. The smallest absolute Gasteiger partial charge is 0.132 e. The zero-order chi connectivity index (χ0) is 14.1. The molecule has 1 aromatic heterocycles. The number of ether oxygens (including phenoxy) is 1. The van der Waals surface area contributed by atoms with Crippen LogP contribution in [-0.4, -0.2) is 65.2 Å². The van der Waals surface area contributed by atoms with Crippen molar-refractivity contribution in [3.8, 4) is 0 Å². The van der Waals surface area contributed by atoms with Crippen LogP contribution in [0.3, 0.4) is 0 Å². The molecule has 112 valence electrons. The fourth-order valence-corrected chi connectivity index (χ4v) is 3.45. The van der Waals surface area contributed by atoms with Crippen LogP contribution in [0.4, 0.5) is 5.82 Å². The summed E-state index contributed by atoms with van der Waals surface area (Å²) in [6, 6.07) is 0.598. The Balaban J connectivity index is 1.73. The summed E-state index contributed by atoms with van der Waals surface area (Å²) in [5, 5.41) is 14.0. The first kappa shape index (κ1) is 13.9. The minimum Gasteiger partial charge on any atom is -0.391 e. The van der Waals surface area contributed by atoms with Crippen molar-refractivity contribution in [1.82, 2.24) is 14.7 Å². The molecule has 1 unspecified atom stereocenters. The Bertz CT molecular complexity index is 468. The second-order valence-corrected chi connectivity index (χ2v) is 5.71. The highest BCUT2D eigenvalue weighted by Crippen LogP contribution is 2.28. The fourth-order valence-electron chi connectivity index (χ4n) is 3.45. The lowest BCUT2D eigenvalue weighted by Crippen LogP contribution is -2.44. The van der Waals surface area contributed by atoms with E-state index in [4.69, 9.17) is 4.74 Å². The molecule has 20 heavy (non-hydrogen) atoms. The molecule has 0 radical (unpaired) electrons. The predicted molar refractivity (Wildman–Crippen MR) is 76.9 cm³/mol. The lowest BCUT2D eigenvalue weighted by molar-refractivity contribution is 0.0209. The van der Waals surface area contributed by atoms with E-state index in [0.29, 0.717) is 6.04 Å². The number of morpholine rings is 1. The van der Waals surface area contributed by atoms with Gasteiger partial charge in [0.15, 0.2) is 0 Å². The predicted octanol–water partition coefficient (Wildman–Crippen LogP) is 0.132. The quantitative estimate of drug-likeness (QED) is 0.853. The molecule has 1 atom stereocenters. The highest BCUT2D eigenvalue weighted by atomic mass is 16.5. The summed E-state index contributed by atoms with van der Waals surface area (Å²) < 4.78 is 7.33. The van der Waals surface area contributed by atoms with Crippen LogP contribution >= 0.6 is 0 Å². The van der Waals surface area contributed by atoms with Gasteiger partial charge in [-0.3, -0.25) is 9.58 Å². The maximum atomic E-state index is 9.58. The van der Waals surface area contributed by atoms with E-state index < -0.39 is 0 Å². The zero-order valence-electron chi connectivity index (χ0n) is 12.4. The second-order valence-electron chi connectivity index (χ2n) is 5.71. The molecule has 2 aliphatic heterocycles. The Hall–Kier alpha value is -1.11. The van der Waals surface area contributed by atoms with Crippen LogP contribution in [0.15, 0.2) is 0 Å². The van der Waals surface area contributed by atoms with Crippen molar-refractivity contribution in [2.24, 2.45) is 7.05 Å². The average Bonchev–Trinajstić information content (AvgIpc) is 3.03. The summed E-state index contributed by atoms with van der Waals surface area (Å²) in [5.41, 5.74) is 1.90. The Morgan fingerprint density at radius 3 is 2.75 bits per heavy atom. The third kappa shape index (κ3) is 2.43. The van der Waals surface area contributed by atoms with Crippen molar-refractivity contribution < 1.29 is 9.84 Å². The summed E-state index contributed by atoms with van der Waals surface area (Å²) in [6.07, 6.45) is 1.18. The van der Waals surface area contributed by atoms with Gasteiger partial charge in [-0.15, -0.1) is 0 Å². The van der Waals surface area contributed by atoms with E-state index in [1.165, 1.54) is 6.42 Å². The first-order valence-electron chi connectivity index (χ1n) is 7.40. The van der Waals surface area contributed by atoms with Crippen LogP contribution in [-0.2, 0) is 18.4 Å². The zero-order valence-corrected chi connectivity index (χ0v) is 12.4. The summed E-state index contributed by atoms with van der Waals surface area (Å²) in [5.74, 6) is 1.08. The molecule has 3 rings (SSSR count). The lowest BCUT2D eigenvalue weighted by Gasteiger charge is -2.32. The molecule has 2 saturated heterocycles. The summed E-state index contributed by atoms with van der Waals surface area (Å²) >= 11 is 0. The van der Waals surface area contributed by atoms with Crippen molar-refractivity contribution in [3.05, 3.63) is 11.3 Å². The number of aromatic nitrogens is 2. The molecule has 0 aromatic carbocycles. The van der Waals surface area contributed by atoms with Crippen molar-refractivity contribution in [3.63, 3.8) is 0 Å². The highest BCUT2D eigenvalue weighted by Gasteiger charge is 2.31. The third-order valence-corrected chi connectivity index (χ3v) is 4.50. The maximum Gasteiger partial charge on any atom is 0.132 e. The van der Waals surface area contributed by atoms with E-state index >= 15 is 0 Å².